The van der Waals surface area contributed by atoms with E-state index < -0.39 is 0 Å². The molecule has 1 atom stereocenters. The molecule has 4 nitrogen and oxygen atoms in total. The van der Waals surface area contributed by atoms with Crippen molar-refractivity contribution in [1.29, 1.82) is 5.26 Å². The van der Waals surface area contributed by atoms with Gasteiger partial charge in [-0.15, -0.1) is 0 Å². The average molecular weight is 607 g/mol. The summed E-state index contributed by atoms with van der Waals surface area (Å²) in [7, 11) is 4.01. The second-order valence-corrected chi connectivity index (χ2v) is 12.2. The second-order valence-electron chi connectivity index (χ2n) is 11.7. The van der Waals surface area contributed by atoms with Crippen LogP contribution in [-0.4, -0.2) is 26.7 Å². The maximum atomic E-state index is 11.1. The first-order valence-electron chi connectivity index (χ1n) is 15.1. The molecule has 1 unspecified atom stereocenters. The van der Waals surface area contributed by atoms with Crippen LogP contribution in [0.1, 0.15) is 96.4 Å². The lowest BCUT2D eigenvalue weighted by Gasteiger charge is -2.28. The van der Waals surface area contributed by atoms with E-state index in [2.05, 4.69) is 77.1 Å². The summed E-state index contributed by atoms with van der Waals surface area (Å²) in [6, 6.07) is 26.2. The Morgan fingerprint density at radius 1 is 0.930 bits per heavy atom. The van der Waals surface area contributed by atoms with Crippen molar-refractivity contribution in [2.24, 2.45) is 11.3 Å². The quantitative estimate of drug-likeness (QED) is 0.251. The molecule has 0 heterocycles. The van der Waals surface area contributed by atoms with Crippen LogP contribution in [0.3, 0.4) is 0 Å². The van der Waals surface area contributed by atoms with E-state index >= 15 is 0 Å². The van der Waals surface area contributed by atoms with Crippen LogP contribution in [0.5, 0.6) is 0 Å². The van der Waals surface area contributed by atoms with Gasteiger partial charge in [0.2, 0.25) is 0 Å². The van der Waals surface area contributed by atoms with Gasteiger partial charge in [-0.1, -0.05) is 109 Å². The zero-order valence-electron chi connectivity index (χ0n) is 28.4. The molecule has 0 amide bonds. The summed E-state index contributed by atoms with van der Waals surface area (Å²) in [5, 5.41) is 9.52. The second kappa shape index (κ2) is 24.1. The standard InChI is InChI=1S/C14H17NO.C9H12ClN.C9H12.C4H10.C2H4O/c1-4-13(14(2,3)10-16)12-7-5-11(9-15)6-8-12;1-7-4-8(10)6-9(5-7)11(2)3;1-2-6-9-7-4-3-5-8-9;1-4(2)3;1-2-3/h5-8,10,13H,4H2,1-3H3;4-6H,1-3H3;3-5,7-8H,2,6H2,1H3;4H,1-3H3;2H,1H3. The van der Waals surface area contributed by atoms with Gasteiger partial charge in [0.1, 0.15) is 12.6 Å². The van der Waals surface area contributed by atoms with Gasteiger partial charge >= 0.3 is 0 Å². The maximum absolute atomic E-state index is 11.1. The molecule has 0 radical (unpaired) electrons. The van der Waals surface area contributed by atoms with E-state index in [0.717, 1.165) is 41.2 Å². The summed E-state index contributed by atoms with van der Waals surface area (Å²) in [5.74, 6) is 1.04. The van der Waals surface area contributed by atoms with Crippen LogP contribution in [0.25, 0.3) is 0 Å². The number of nitriles is 1. The highest BCUT2D eigenvalue weighted by Gasteiger charge is 2.28. The van der Waals surface area contributed by atoms with E-state index in [0.29, 0.717) is 5.56 Å². The van der Waals surface area contributed by atoms with Crippen LogP contribution >= 0.6 is 11.6 Å². The van der Waals surface area contributed by atoms with E-state index in [1.54, 1.807) is 12.1 Å². The summed E-state index contributed by atoms with van der Waals surface area (Å²) in [4.78, 5) is 21.9. The Hall–Kier alpha value is -3.42. The van der Waals surface area contributed by atoms with Crippen molar-refractivity contribution in [1.82, 2.24) is 0 Å². The number of halogens is 1. The summed E-state index contributed by atoms with van der Waals surface area (Å²) < 4.78 is 0. The lowest BCUT2D eigenvalue weighted by atomic mass is 9.74. The maximum Gasteiger partial charge on any atom is 0.126 e. The third-order valence-corrected chi connectivity index (χ3v) is 6.20. The van der Waals surface area contributed by atoms with Gasteiger partial charge in [0.05, 0.1) is 11.6 Å². The van der Waals surface area contributed by atoms with Crippen LogP contribution in [0.15, 0.2) is 72.8 Å². The van der Waals surface area contributed by atoms with Crippen LogP contribution in [0.4, 0.5) is 5.69 Å². The third-order valence-electron chi connectivity index (χ3n) is 5.98. The molecule has 0 fully saturated rings. The number of nitrogens with zero attached hydrogens (tertiary/aromatic N) is 2. The monoisotopic (exact) mass is 606 g/mol. The first-order chi connectivity index (χ1) is 20.2. The molecule has 5 heteroatoms. The Morgan fingerprint density at radius 2 is 1.44 bits per heavy atom. The summed E-state index contributed by atoms with van der Waals surface area (Å²) in [6.07, 6.45) is 5.13. The molecule has 0 aliphatic heterocycles. The molecule has 0 N–H and O–H groups in total. The average Bonchev–Trinajstić information content (AvgIpc) is 2.95. The number of carbonyl (C=O) groups excluding carboxylic acids is 2. The molecule has 0 saturated heterocycles. The van der Waals surface area contributed by atoms with Gasteiger partial charge in [-0.25, -0.2) is 0 Å². The minimum absolute atomic E-state index is 0.206. The largest absolute Gasteiger partial charge is 0.378 e. The summed E-state index contributed by atoms with van der Waals surface area (Å²) in [5.41, 5.74) is 5.21. The highest BCUT2D eigenvalue weighted by atomic mass is 35.5. The number of anilines is 1. The van der Waals surface area contributed by atoms with Gasteiger partial charge in [-0.2, -0.15) is 5.26 Å². The van der Waals surface area contributed by atoms with Crippen molar-refractivity contribution in [3.05, 3.63) is 100 Å². The van der Waals surface area contributed by atoms with Gasteiger partial charge in [-0.3, -0.25) is 0 Å². The minimum atomic E-state index is -0.358. The molecule has 3 aromatic rings. The molecule has 3 rings (SSSR count). The summed E-state index contributed by atoms with van der Waals surface area (Å²) >= 11 is 5.87. The molecule has 0 bridgehead atoms. The lowest BCUT2D eigenvalue weighted by molar-refractivity contribution is -0.115. The Labute approximate surface area is 268 Å². The zero-order valence-corrected chi connectivity index (χ0v) is 29.2. The number of aryl methyl sites for hydroxylation is 2. The van der Waals surface area contributed by atoms with E-state index in [-0.39, 0.29) is 11.3 Å². The fraction of sp³-hybridized carbons (Fsp3) is 0.447. The molecule has 0 saturated carbocycles. The van der Waals surface area contributed by atoms with Gasteiger partial charge in [0.15, 0.2) is 0 Å². The van der Waals surface area contributed by atoms with E-state index in [1.807, 2.05) is 64.0 Å². The number of aldehydes is 2. The molecular formula is C38H55ClN2O2. The molecular weight excluding hydrogens is 552 g/mol. The number of rotatable bonds is 7. The molecule has 0 spiro atoms. The number of hydrogen-bond donors (Lipinski definition) is 0. The molecule has 43 heavy (non-hydrogen) atoms. The van der Waals surface area contributed by atoms with Crippen LogP contribution in [0, 0.1) is 29.6 Å². The van der Waals surface area contributed by atoms with E-state index in [1.165, 1.54) is 30.9 Å². The molecule has 0 aliphatic rings. The molecule has 0 aliphatic carbocycles. The normalized spacial score (nSPS) is 10.4. The van der Waals surface area contributed by atoms with E-state index in [4.69, 9.17) is 21.7 Å². The fourth-order valence-corrected chi connectivity index (χ4v) is 4.26. The number of benzene rings is 3. The first kappa shape index (κ1) is 41.7. The van der Waals surface area contributed by atoms with Crippen molar-refractivity contribution in [2.45, 2.75) is 87.5 Å². The molecule has 3 aromatic carbocycles. The summed E-state index contributed by atoms with van der Waals surface area (Å²) in [6.45, 7) is 18.2. The van der Waals surface area contributed by atoms with Crippen molar-refractivity contribution < 1.29 is 9.59 Å². The smallest absolute Gasteiger partial charge is 0.126 e. The molecule has 0 aromatic heterocycles. The predicted octanol–water partition coefficient (Wildman–Crippen LogP) is 10.5. The van der Waals surface area contributed by atoms with Crippen molar-refractivity contribution >= 4 is 29.9 Å². The van der Waals surface area contributed by atoms with Crippen molar-refractivity contribution in [2.75, 3.05) is 19.0 Å². The van der Waals surface area contributed by atoms with Crippen molar-refractivity contribution in [3.8, 4) is 6.07 Å². The Bertz CT molecular complexity index is 1160. The molecule has 236 valence electrons. The fourth-order valence-electron chi connectivity index (χ4n) is 3.97. The topological polar surface area (TPSA) is 61.2 Å². The number of carbonyl (C=O) groups is 2. The Kier molecular flexibility index (Phi) is 23.3. The van der Waals surface area contributed by atoms with Crippen LogP contribution < -0.4 is 4.90 Å². The van der Waals surface area contributed by atoms with Crippen LogP contribution in [-0.2, 0) is 16.0 Å². The predicted molar refractivity (Wildman–Crippen MR) is 187 cm³/mol. The van der Waals surface area contributed by atoms with Crippen molar-refractivity contribution in [3.63, 3.8) is 0 Å². The first-order valence-corrected chi connectivity index (χ1v) is 15.4. The Balaban J connectivity index is 0. The Morgan fingerprint density at radius 3 is 1.81 bits per heavy atom. The SMILES string of the molecule is CC(C)C.CC=O.CCC(c1ccc(C#N)cc1)C(C)(C)C=O.CCCc1ccccc1.Cc1cc(Cl)cc(N(C)C)c1. The highest BCUT2D eigenvalue weighted by molar-refractivity contribution is 6.30. The van der Waals surface area contributed by atoms with Crippen LogP contribution in [0.2, 0.25) is 5.02 Å². The number of hydrogen-bond acceptors (Lipinski definition) is 4. The van der Waals surface area contributed by atoms with Gasteiger partial charge < -0.3 is 14.5 Å². The van der Waals surface area contributed by atoms with Gasteiger partial charge in [0.25, 0.3) is 0 Å². The minimum Gasteiger partial charge on any atom is -0.378 e. The van der Waals surface area contributed by atoms with E-state index in [9.17, 15) is 4.79 Å². The van der Waals surface area contributed by atoms with Gasteiger partial charge in [-0.05, 0) is 85.5 Å². The highest BCUT2D eigenvalue weighted by Crippen LogP contribution is 2.36. The zero-order chi connectivity index (χ0) is 33.4. The lowest BCUT2D eigenvalue weighted by Crippen LogP contribution is -2.23. The van der Waals surface area contributed by atoms with Gasteiger partial charge in [0, 0.05) is 30.2 Å². The third kappa shape index (κ3) is 20.2.